The van der Waals surface area contributed by atoms with Crippen molar-refractivity contribution in [2.45, 2.75) is 57.1 Å². The molecule has 1 aliphatic heterocycles. The van der Waals surface area contributed by atoms with Gasteiger partial charge in [-0.1, -0.05) is 65.7 Å². The molecule has 1 heterocycles. The average Bonchev–Trinajstić information content (AvgIpc) is 3.66. The highest BCUT2D eigenvalue weighted by Crippen LogP contribution is 2.44. The van der Waals surface area contributed by atoms with Crippen LogP contribution in [0.3, 0.4) is 0 Å². The summed E-state index contributed by atoms with van der Waals surface area (Å²) < 4.78 is 11.1. The van der Waals surface area contributed by atoms with Crippen LogP contribution in [0.25, 0.3) is 11.1 Å². The predicted molar refractivity (Wildman–Crippen MR) is 166 cm³/mol. The normalized spacial score (nSPS) is 20.1. The second-order valence-corrected chi connectivity index (χ2v) is 12.9. The minimum absolute atomic E-state index is 0.0209. The van der Waals surface area contributed by atoms with Crippen molar-refractivity contribution in [1.82, 2.24) is 15.7 Å². The molecule has 1 saturated carbocycles. The van der Waals surface area contributed by atoms with Gasteiger partial charge in [0.25, 0.3) is 11.8 Å². The molecule has 0 radical (unpaired) electrons. The largest absolute Gasteiger partial charge is 0.449 e. The topological polar surface area (TPSA) is 140 Å². The molecule has 3 aromatic rings. The monoisotopic (exact) mass is 625 g/mol. The van der Waals surface area contributed by atoms with Gasteiger partial charge in [-0.05, 0) is 80.3 Å². The number of ether oxygens (including phenoxy) is 2. The molecule has 238 valence electrons. The van der Waals surface area contributed by atoms with Gasteiger partial charge in [-0.25, -0.2) is 14.4 Å². The Morgan fingerprint density at radius 3 is 1.93 bits per heavy atom. The maximum Gasteiger partial charge on any atom is 0.408 e. The molecule has 0 saturated heterocycles. The summed E-state index contributed by atoms with van der Waals surface area (Å²) in [5, 5.41) is 5.86. The SMILES string of the molecule is CC(C)(C)OC(=O)NCC1CCC(NC(=O)OCC2c3ccccc3-c3ccccc32)(C(=O)ON2C(=O)c3ccccc3C2=O)C1. The molecular formula is C35H35N3O8. The van der Waals surface area contributed by atoms with Crippen LogP contribution in [0, 0.1) is 5.92 Å². The van der Waals surface area contributed by atoms with Crippen molar-refractivity contribution in [1.29, 1.82) is 0 Å². The molecule has 11 nitrogen and oxygen atoms in total. The number of hydrogen-bond acceptors (Lipinski definition) is 8. The first-order valence-electron chi connectivity index (χ1n) is 15.3. The third kappa shape index (κ3) is 5.92. The zero-order valence-electron chi connectivity index (χ0n) is 25.8. The Kier molecular flexibility index (Phi) is 8.01. The molecule has 3 aromatic carbocycles. The van der Waals surface area contributed by atoms with Crippen molar-refractivity contribution >= 4 is 30.0 Å². The summed E-state index contributed by atoms with van der Waals surface area (Å²) in [4.78, 5) is 70.8. The Morgan fingerprint density at radius 1 is 0.826 bits per heavy atom. The number of hydrogen-bond donors (Lipinski definition) is 2. The molecule has 6 rings (SSSR count). The number of fused-ring (bicyclic) bond motifs is 4. The number of benzene rings is 3. The molecule has 2 unspecified atom stereocenters. The fourth-order valence-electron chi connectivity index (χ4n) is 6.46. The minimum atomic E-state index is -1.63. The van der Waals surface area contributed by atoms with E-state index in [0.29, 0.717) is 11.5 Å². The second-order valence-electron chi connectivity index (χ2n) is 12.9. The van der Waals surface area contributed by atoms with Gasteiger partial charge in [0.2, 0.25) is 0 Å². The number of amides is 4. The lowest BCUT2D eigenvalue weighted by molar-refractivity contribution is -0.176. The third-order valence-electron chi connectivity index (χ3n) is 8.56. The Balaban J connectivity index is 1.18. The lowest BCUT2D eigenvalue weighted by Crippen LogP contribution is -2.56. The summed E-state index contributed by atoms with van der Waals surface area (Å²) in [6.45, 7) is 5.44. The Morgan fingerprint density at radius 2 is 1.37 bits per heavy atom. The zero-order valence-corrected chi connectivity index (χ0v) is 25.8. The Labute approximate surface area is 266 Å². The Bertz CT molecular complexity index is 1650. The van der Waals surface area contributed by atoms with Crippen molar-refractivity contribution in [3.05, 3.63) is 95.1 Å². The van der Waals surface area contributed by atoms with Crippen molar-refractivity contribution in [3.8, 4) is 11.1 Å². The number of carbonyl (C=O) groups excluding carboxylic acids is 5. The summed E-state index contributed by atoms with van der Waals surface area (Å²) in [6, 6.07) is 22.0. The summed E-state index contributed by atoms with van der Waals surface area (Å²) in [5.41, 5.74) is 2.13. The highest BCUT2D eigenvalue weighted by molar-refractivity contribution is 6.21. The van der Waals surface area contributed by atoms with E-state index in [1.54, 1.807) is 32.9 Å². The summed E-state index contributed by atoms with van der Waals surface area (Å²) in [7, 11) is 0. The number of alkyl carbamates (subject to hydrolysis) is 2. The molecule has 3 aliphatic rings. The van der Waals surface area contributed by atoms with Gasteiger partial charge < -0.3 is 24.9 Å². The molecule has 0 bridgehead atoms. The van der Waals surface area contributed by atoms with Crippen LogP contribution in [0.4, 0.5) is 9.59 Å². The number of nitrogens with one attached hydrogen (secondary N) is 2. The highest BCUT2D eigenvalue weighted by atomic mass is 16.7. The van der Waals surface area contributed by atoms with E-state index < -0.39 is 41.1 Å². The van der Waals surface area contributed by atoms with E-state index in [0.717, 1.165) is 22.3 Å². The van der Waals surface area contributed by atoms with Gasteiger partial charge >= 0.3 is 18.2 Å². The summed E-state index contributed by atoms with van der Waals surface area (Å²) >= 11 is 0. The number of imide groups is 1. The van der Waals surface area contributed by atoms with Crippen LogP contribution in [0.15, 0.2) is 72.8 Å². The molecular weight excluding hydrogens is 590 g/mol. The quantitative estimate of drug-likeness (QED) is 0.335. The van der Waals surface area contributed by atoms with Crippen molar-refractivity contribution in [3.63, 3.8) is 0 Å². The standard InChI is InChI=1S/C35H35N3O8/c1-34(2,3)45-32(42)36-19-21-16-17-35(18-21,31(41)46-38-29(39)26-14-8-9-15-27(26)30(38)40)37-33(43)44-20-28-24-12-6-4-10-22(24)23-11-5-7-13-25(23)28/h4-15,21,28H,16-20H2,1-3H3,(H,36,42)(H,37,43). The van der Waals surface area contributed by atoms with Crippen LogP contribution in [-0.2, 0) is 19.1 Å². The first-order chi connectivity index (χ1) is 22.0. The number of nitrogens with zero attached hydrogens (tertiary/aromatic N) is 1. The molecule has 4 amide bonds. The highest BCUT2D eigenvalue weighted by Gasteiger charge is 2.51. The van der Waals surface area contributed by atoms with E-state index in [4.69, 9.17) is 14.3 Å². The molecule has 1 fully saturated rings. The van der Waals surface area contributed by atoms with Gasteiger partial charge in [0.1, 0.15) is 17.7 Å². The van der Waals surface area contributed by atoms with Gasteiger partial charge in [0.05, 0.1) is 11.1 Å². The first kappa shape index (κ1) is 30.8. The molecule has 2 atom stereocenters. The molecule has 2 aliphatic carbocycles. The van der Waals surface area contributed by atoms with Gasteiger partial charge in [-0.15, -0.1) is 0 Å². The summed E-state index contributed by atoms with van der Waals surface area (Å²) in [6.07, 6.45) is -0.837. The first-order valence-corrected chi connectivity index (χ1v) is 15.3. The fourth-order valence-corrected chi connectivity index (χ4v) is 6.46. The second kappa shape index (κ2) is 12.0. The maximum atomic E-state index is 13.8. The Hall–Kier alpha value is -5.19. The third-order valence-corrected chi connectivity index (χ3v) is 8.56. The molecule has 46 heavy (non-hydrogen) atoms. The van der Waals surface area contributed by atoms with E-state index in [2.05, 4.69) is 10.6 Å². The van der Waals surface area contributed by atoms with Crippen LogP contribution in [0.2, 0.25) is 0 Å². The van der Waals surface area contributed by atoms with Gasteiger partial charge in [-0.2, -0.15) is 0 Å². The van der Waals surface area contributed by atoms with Crippen molar-refractivity contribution in [2.24, 2.45) is 5.92 Å². The van der Waals surface area contributed by atoms with E-state index in [1.165, 1.54) is 12.1 Å². The van der Waals surface area contributed by atoms with Crippen LogP contribution >= 0.6 is 0 Å². The van der Waals surface area contributed by atoms with Gasteiger partial charge in [-0.3, -0.25) is 9.59 Å². The van der Waals surface area contributed by atoms with Crippen molar-refractivity contribution in [2.75, 3.05) is 13.2 Å². The van der Waals surface area contributed by atoms with Crippen LogP contribution in [0.1, 0.15) is 77.8 Å². The predicted octanol–water partition coefficient (Wildman–Crippen LogP) is 5.34. The van der Waals surface area contributed by atoms with E-state index in [-0.39, 0.29) is 49.0 Å². The minimum Gasteiger partial charge on any atom is -0.449 e. The van der Waals surface area contributed by atoms with Crippen LogP contribution < -0.4 is 10.6 Å². The molecule has 0 spiro atoms. The number of carbonyl (C=O) groups is 5. The van der Waals surface area contributed by atoms with Crippen molar-refractivity contribution < 1.29 is 38.3 Å². The maximum absolute atomic E-state index is 13.8. The number of rotatable bonds is 7. The fraction of sp³-hybridized carbons (Fsp3) is 0.343. The van der Waals surface area contributed by atoms with Crippen LogP contribution in [0.5, 0.6) is 0 Å². The van der Waals surface area contributed by atoms with E-state index >= 15 is 0 Å². The molecule has 11 heteroatoms. The van der Waals surface area contributed by atoms with Gasteiger partial charge in [0.15, 0.2) is 0 Å². The number of hydroxylamine groups is 2. The smallest absolute Gasteiger partial charge is 0.408 e. The van der Waals surface area contributed by atoms with E-state index in [1.807, 2.05) is 48.5 Å². The van der Waals surface area contributed by atoms with Crippen LogP contribution in [-0.4, -0.2) is 59.3 Å². The van der Waals surface area contributed by atoms with E-state index in [9.17, 15) is 24.0 Å². The lowest BCUT2D eigenvalue weighted by atomic mass is 9.96. The molecule has 2 N–H and O–H groups in total. The lowest BCUT2D eigenvalue weighted by Gasteiger charge is -2.29. The molecule has 0 aromatic heterocycles. The zero-order chi connectivity index (χ0) is 32.6. The summed E-state index contributed by atoms with van der Waals surface area (Å²) in [5.74, 6) is -2.97. The average molecular weight is 626 g/mol. The van der Waals surface area contributed by atoms with Gasteiger partial charge in [0, 0.05) is 12.5 Å².